The van der Waals surface area contributed by atoms with Crippen LogP contribution in [0.25, 0.3) is 0 Å². The van der Waals surface area contributed by atoms with Gasteiger partial charge in [0.15, 0.2) is 0 Å². The smallest absolute Gasteiger partial charge is 0.310 e. The predicted molar refractivity (Wildman–Crippen MR) is 56.6 cm³/mol. The summed E-state index contributed by atoms with van der Waals surface area (Å²) in [6.45, 7) is 3.28. The first kappa shape index (κ1) is 11.0. The molecule has 14 heavy (non-hydrogen) atoms. The molecule has 4 heteroatoms. The van der Waals surface area contributed by atoms with Crippen molar-refractivity contribution in [2.45, 2.75) is 19.8 Å². The molecule has 0 saturated heterocycles. The minimum Gasteiger partial charge on any atom is -0.507 e. The summed E-state index contributed by atoms with van der Waals surface area (Å²) >= 11 is 3.23. The van der Waals surface area contributed by atoms with Gasteiger partial charge in [0.25, 0.3) is 0 Å². The summed E-state index contributed by atoms with van der Waals surface area (Å²) in [6, 6.07) is 3.47. The minimum atomic E-state index is -0.952. The van der Waals surface area contributed by atoms with E-state index in [1.807, 2.05) is 0 Å². The first-order chi connectivity index (χ1) is 6.45. The van der Waals surface area contributed by atoms with Crippen molar-refractivity contribution in [2.75, 3.05) is 0 Å². The van der Waals surface area contributed by atoms with Gasteiger partial charge in [-0.1, -0.05) is 22.0 Å². The average Bonchev–Trinajstić information content (AvgIpc) is 2.12. The third kappa shape index (κ3) is 1.90. The zero-order valence-electron chi connectivity index (χ0n) is 7.91. The molecule has 1 unspecified atom stereocenters. The number of hydrogen-bond donors (Lipinski definition) is 2. The lowest BCUT2D eigenvalue weighted by molar-refractivity contribution is -0.138. The number of aliphatic carboxylic acids is 1. The SMILES string of the molecule is Cc1ccc(Br)c(C(C)C(=O)O)c1O. The molecule has 0 bridgehead atoms. The Kier molecular flexibility index (Phi) is 3.16. The molecule has 0 fully saturated rings. The average molecular weight is 259 g/mol. The van der Waals surface area contributed by atoms with E-state index in [0.717, 1.165) is 0 Å². The normalized spacial score (nSPS) is 12.5. The van der Waals surface area contributed by atoms with Gasteiger partial charge in [0.2, 0.25) is 0 Å². The quantitative estimate of drug-likeness (QED) is 0.858. The van der Waals surface area contributed by atoms with E-state index in [-0.39, 0.29) is 5.75 Å². The molecule has 1 aromatic carbocycles. The fraction of sp³-hybridized carbons (Fsp3) is 0.300. The van der Waals surface area contributed by atoms with Crippen molar-refractivity contribution >= 4 is 21.9 Å². The van der Waals surface area contributed by atoms with Crippen LogP contribution < -0.4 is 0 Å². The monoisotopic (exact) mass is 258 g/mol. The van der Waals surface area contributed by atoms with E-state index in [1.54, 1.807) is 26.0 Å². The Hall–Kier alpha value is -1.03. The molecule has 0 aliphatic carbocycles. The number of carboxylic acids is 1. The minimum absolute atomic E-state index is 0.0503. The van der Waals surface area contributed by atoms with Gasteiger partial charge < -0.3 is 10.2 Å². The van der Waals surface area contributed by atoms with Gasteiger partial charge in [0.05, 0.1) is 5.92 Å². The lowest BCUT2D eigenvalue weighted by Gasteiger charge is -2.12. The van der Waals surface area contributed by atoms with Gasteiger partial charge in [0.1, 0.15) is 5.75 Å². The van der Waals surface area contributed by atoms with Gasteiger partial charge in [-0.25, -0.2) is 0 Å². The number of carboxylic acid groups (broad SMARTS) is 1. The second kappa shape index (κ2) is 4.00. The maximum Gasteiger partial charge on any atom is 0.310 e. The van der Waals surface area contributed by atoms with Gasteiger partial charge in [0, 0.05) is 10.0 Å². The van der Waals surface area contributed by atoms with Crippen molar-refractivity contribution in [3.8, 4) is 5.75 Å². The van der Waals surface area contributed by atoms with Gasteiger partial charge in [-0.05, 0) is 25.5 Å². The molecule has 0 aliphatic heterocycles. The zero-order chi connectivity index (χ0) is 10.9. The molecule has 0 aliphatic rings. The van der Waals surface area contributed by atoms with Crippen LogP contribution in [0.4, 0.5) is 0 Å². The number of rotatable bonds is 2. The molecule has 3 nitrogen and oxygen atoms in total. The molecule has 0 aromatic heterocycles. The van der Waals surface area contributed by atoms with Crippen molar-refractivity contribution in [3.05, 3.63) is 27.7 Å². The van der Waals surface area contributed by atoms with E-state index in [0.29, 0.717) is 15.6 Å². The molecule has 0 saturated carbocycles. The molecule has 1 atom stereocenters. The molecule has 0 heterocycles. The molecular formula is C10H11BrO3. The second-order valence-corrected chi connectivity index (χ2v) is 4.04. The third-order valence-corrected chi connectivity index (χ3v) is 2.86. The van der Waals surface area contributed by atoms with Gasteiger partial charge in [-0.15, -0.1) is 0 Å². The van der Waals surface area contributed by atoms with Crippen molar-refractivity contribution in [2.24, 2.45) is 0 Å². The maximum absolute atomic E-state index is 10.8. The summed E-state index contributed by atoms with van der Waals surface area (Å²) in [5.41, 5.74) is 1.11. The van der Waals surface area contributed by atoms with Gasteiger partial charge in [-0.2, -0.15) is 0 Å². The number of benzene rings is 1. The Balaban J connectivity index is 3.32. The lowest BCUT2D eigenvalue weighted by atomic mass is 9.98. The van der Waals surface area contributed by atoms with E-state index in [2.05, 4.69) is 15.9 Å². The summed E-state index contributed by atoms with van der Waals surface area (Å²) in [5, 5.41) is 18.5. The van der Waals surface area contributed by atoms with Gasteiger partial charge >= 0.3 is 5.97 Å². The molecule has 0 amide bonds. The van der Waals surface area contributed by atoms with Crippen LogP contribution in [0.3, 0.4) is 0 Å². The first-order valence-corrected chi connectivity index (χ1v) is 4.95. The summed E-state index contributed by atoms with van der Waals surface area (Å²) in [6.07, 6.45) is 0. The summed E-state index contributed by atoms with van der Waals surface area (Å²) in [5.74, 6) is -1.62. The molecule has 1 aromatic rings. The molecule has 2 N–H and O–H groups in total. The largest absolute Gasteiger partial charge is 0.507 e. The van der Waals surface area contributed by atoms with E-state index < -0.39 is 11.9 Å². The van der Waals surface area contributed by atoms with Crippen LogP contribution in [0.15, 0.2) is 16.6 Å². The molecular weight excluding hydrogens is 248 g/mol. The Bertz CT molecular complexity index is 374. The number of phenolic OH excluding ortho intramolecular Hbond substituents is 1. The Morgan fingerprint density at radius 1 is 1.50 bits per heavy atom. The molecule has 76 valence electrons. The van der Waals surface area contributed by atoms with Crippen LogP contribution in [0.2, 0.25) is 0 Å². The standard InChI is InChI=1S/C10H11BrO3/c1-5-3-4-7(11)8(9(5)12)6(2)10(13)14/h3-4,6,12H,1-2H3,(H,13,14). The summed E-state index contributed by atoms with van der Waals surface area (Å²) < 4.78 is 0.621. The second-order valence-electron chi connectivity index (χ2n) is 3.19. The number of carbonyl (C=O) groups is 1. The van der Waals surface area contributed by atoms with Crippen LogP contribution in [0.5, 0.6) is 5.75 Å². The molecule has 0 spiro atoms. The third-order valence-electron chi connectivity index (χ3n) is 2.17. The summed E-state index contributed by atoms with van der Waals surface area (Å²) in [7, 11) is 0. The highest BCUT2D eigenvalue weighted by Gasteiger charge is 2.21. The summed E-state index contributed by atoms with van der Waals surface area (Å²) in [4.78, 5) is 10.8. The van der Waals surface area contributed by atoms with Crippen LogP contribution in [0, 0.1) is 6.92 Å². The van der Waals surface area contributed by atoms with Crippen LogP contribution >= 0.6 is 15.9 Å². The molecule has 1 rings (SSSR count). The number of aromatic hydroxyl groups is 1. The number of aryl methyl sites for hydroxylation is 1. The lowest BCUT2D eigenvalue weighted by Crippen LogP contribution is -2.08. The Labute approximate surface area is 90.5 Å². The fourth-order valence-electron chi connectivity index (χ4n) is 1.23. The maximum atomic E-state index is 10.8. The van der Waals surface area contributed by atoms with Crippen LogP contribution in [-0.2, 0) is 4.79 Å². The van der Waals surface area contributed by atoms with Crippen LogP contribution in [0.1, 0.15) is 24.0 Å². The Morgan fingerprint density at radius 3 is 2.57 bits per heavy atom. The van der Waals surface area contributed by atoms with Gasteiger partial charge in [-0.3, -0.25) is 4.79 Å². The number of phenols is 1. The van der Waals surface area contributed by atoms with E-state index in [1.165, 1.54) is 0 Å². The van der Waals surface area contributed by atoms with E-state index in [9.17, 15) is 9.90 Å². The van der Waals surface area contributed by atoms with Crippen molar-refractivity contribution < 1.29 is 15.0 Å². The predicted octanol–water partition coefficient (Wildman–Crippen LogP) is 2.65. The topological polar surface area (TPSA) is 57.5 Å². The number of halogens is 1. The highest BCUT2D eigenvalue weighted by molar-refractivity contribution is 9.10. The molecule has 0 radical (unpaired) electrons. The van der Waals surface area contributed by atoms with Crippen LogP contribution in [-0.4, -0.2) is 16.2 Å². The van der Waals surface area contributed by atoms with Crippen molar-refractivity contribution in [1.29, 1.82) is 0 Å². The van der Waals surface area contributed by atoms with E-state index in [4.69, 9.17) is 5.11 Å². The fourth-order valence-corrected chi connectivity index (χ4v) is 1.89. The first-order valence-electron chi connectivity index (χ1n) is 4.16. The zero-order valence-corrected chi connectivity index (χ0v) is 9.50. The highest BCUT2D eigenvalue weighted by atomic mass is 79.9. The van der Waals surface area contributed by atoms with Crippen molar-refractivity contribution in [1.82, 2.24) is 0 Å². The van der Waals surface area contributed by atoms with E-state index >= 15 is 0 Å². The van der Waals surface area contributed by atoms with Crippen molar-refractivity contribution in [3.63, 3.8) is 0 Å². The Morgan fingerprint density at radius 2 is 2.07 bits per heavy atom. The highest BCUT2D eigenvalue weighted by Crippen LogP contribution is 2.35. The number of hydrogen-bond acceptors (Lipinski definition) is 2.